The van der Waals surface area contributed by atoms with E-state index in [0.29, 0.717) is 6.42 Å². The topological polar surface area (TPSA) is 63.6 Å². The molecule has 0 saturated carbocycles. The molecule has 156 valence electrons. The fourth-order valence-corrected chi connectivity index (χ4v) is 4.47. The summed E-state index contributed by atoms with van der Waals surface area (Å²) in [5.74, 6) is 0. The van der Waals surface area contributed by atoms with Crippen molar-refractivity contribution in [2.75, 3.05) is 0 Å². The molecular formula is C15H24Cl6O4S. The summed E-state index contributed by atoms with van der Waals surface area (Å²) in [6, 6.07) is 0. The fraction of sp³-hybridized carbons (Fsp3) is 0.867. The van der Waals surface area contributed by atoms with Crippen LogP contribution in [0.4, 0.5) is 0 Å². The molecule has 4 nitrogen and oxygen atoms in total. The maximum Gasteiger partial charge on any atom is 0.397 e. The monoisotopic (exact) mass is 510 g/mol. The van der Waals surface area contributed by atoms with E-state index in [2.05, 4.69) is 4.18 Å². The first-order valence-electron chi connectivity index (χ1n) is 8.12. The molecule has 0 bridgehead atoms. The van der Waals surface area contributed by atoms with Gasteiger partial charge in [0.2, 0.25) is 0 Å². The van der Waals surface area contributed by atoms with Gasteiger partial charge in [0.1, 0.15) is 6.10 Å². The summed E-state index contributed by atoms with van der Waals surface area (Å²) in [5.41, 5.74) is 1.50. The minimum absolute atomic E-state index is 0.524. The predicted molar refractivity (Wildman–Crippen MR) is 113 cm³/mol. The molecule has 0 heterocycles. The van der Waals surface area contributed by atoms with Crippen molar-refractivity contribution in [3.63, 3.8) is 0 Å². The van der Waals surface area contributed by atoms with Gasteiger partial charge in [0.05, 0.1) is 21.5 Å². The molecule has 0 spiro atoms. The van der Waals surface area contributed by atoms with Crippen LogP contribution >= 0.6 is 69.6 Å². The molecule has 0 aromatic carbocycles. The van der Waals surface area contributed by atoms with Crippen LogP contribution in [0.5, 0.6) is 0 Å². The van der Waals surface area contributed by atoms with Crippen LogP contribution in [0, 0.1) is 0 Å². The number of halogens is 6. The summed E-state index contributed by atoms with van der Waals surface area (Å²) < 4.78 is 35.7. The molecule has 26 heavy (non-hydrogen) atoms. The number of alkyl halides is 5. The van der Waals surface area contributed by atoms with Gasteiger partial charge in [-0.15, -0.1) is 58.0 Å². The summed E-state index contributed by atoms with van der Waals surface area (Å²) in [7, 11) is -4.78. The molecule has 0 aromatic rings. The molecule has 0 aliphatic carbocycles. The molecule has 0 saturated heterocycles. The summed E-state index contributed by atoms with van der Waals surface area (Å²) >= 11 is 36.3. The van der Waals surface area contributed by atoms with Crippen molar-refractivity contribution < 1.29 is 17.2 Å². The van der Waals surface area contributed by atoms with Crippen LogP contribution in [-0.4, -0.2) is 46.0 Å². The van der Waals surface area contributed by atoms with Crippen molar-refractivity contribution in [1.82, 2.24) is 0 Å². The second kappa shape index (κ2) is 14.4. The standard InChI is InChI=1S/C15H24Cl6O4S/c1-10(17)12(19)15(25-26(22,23)24)14(21)13(20)11(18)8-6-4-2-3-5-7-9-16/h7,9-15H,2-6,8H2,1H3,(H,22,23,24)/b9-7+/t10-,11-,12-,13+,14-,15-/m1/s1. The number of hydrogen-bond acceptors (Lipinski definition) is 3. The Labute approximate surface area is 186 Å². The Bertz CT molecular complexity index is 502. The van der Waals surface area contributed by atoms with Gasteiger partial charge in [-0.3, -0.25) is 4.55 Å². The number of hydrogen-bond donors (Lipinski definition) is 1. The second-order valence-corrected chi connectivity index (χ2v) is 9.93. The third-order valence-corrected chi connectivity index (χ3v) is 7.15. The van der Waals surface area contributed by atoms with Gasteiger partial charge in [-0.05, 0) is 26.2 Å². The van der Waals surface area contributed by atoms with E-state index >= 15 is 0 Å². The Morgan fingerprint density at radius 3 is 2.04 bits per heavy atom. The maximum atomic E-state index is 11.1. The van der Waals surface area contributed by atoms with Crippen molar-refractivity contribution in [1.29, 1.82) is 0 Å². The van der Waals surface area contributed by atoms with E-state index in [0.717, 1.165) is 32.1 Å². The third kappa shape index (κ3) is 12.0. The molecule has 0 aromatic heterocycles. The summed E-state index contributed by atoms with van der Waals surface area (Å²) in [6.45, 7) is 1.55. The highest BCUT2D eigenvalue weighted by Crippen LogP contribution is 2.31. The Balaban J connectivity index is 4.61. The average Bonchev–Trinajstić information content (AvgIpc) is 2.55. The molecule has 11 heteroatoms. The number of unbranched alkanes of at least 4 members (excludes halogenated alkanes) is 4. The Hall–Kier alpha value is 1.35. The highest BCUT2D eigenvalue weighted by molar-refractivity contribution is 7.80. The Kier molecular flexibility index (Phi) is 15.1. The van der Waals surface area contributed by atoms with Crippen molar-refractivity contribution in [3.05, 3.63) is 11.6 Å². The molecule has 0 aliphatic rings. The lowest BCUT2D eigenvalue weighted by atomic mass is 10.0. The van der Waals surface area contributed by atoms with Crippen molar-refractivity contribution in [3.8, 4) is 0 Å². The van der Waals surface area contributed by atoms with Gasteiger partial charge in [-0.2, -0.15) is 8.42 Å². The molecule has 0 rings (SSSR count). The average molecular weight is 513 g/mol. The van der Waals surface area contributed by atoms with E-state index in [9.17, 15) is 8.42 Å². The highest BCUT2D eigenvalue weighted by Gasteiger charge is 2.40. The molecule has 0 unspecified atom stereocenters. The predicted octanol–water partition coefficient (Wildman–Crippen LogP) is 6.32. The van der Waals surface area contributed by atoms with Gasteiger partial charge in [-0.25, -0.2) is 4.18 Å². The van der Waals surface area contributed by atoms with Crippen LogP contribution in [0.25, 0.3) is 0 Å². The maximum absolute atomic E-state index is 11.1. The fourth-order valence-electron chi connectivity index (χ4n) is 2.24. The molecular weight excluding hydrogens is 489 g/mol. The molecule has 1 N–H and O–H groups in total. The minimum Gasteiger partial charge on any atom is -0.264 e. The van der Waals surface area contributed by atoms with E-state index in [1.54, 1.807) is 6.92 Å². The van der Waals surface area contributed by atoms with Crippen LogP contribution in [-0.2, 0) is 14.6 Å². The molecule has 0 amide bonds. The summed E-state index contributed by atoms with van der Waals surface area (Å²) in [4.78, 5) is 0. The van der Waals surface area contributed by atoms with E-state index < -0.39 is 43.4 Å². The van der Waals surface area contributed by atoms with Crippen LogP contribution in [0.15, 0.2) is 11.6 Å². The molecule has 0 radical (unpaired) electrons. The number of rotatable bonds is 14. The second-order valence-electron chi connectivity index (χ2n) is 5.87. The first-order chi connectivity index (χ1) is 12.0. The van der Waals surface area contributed by atoms with Crippen LogP contribution < -0.4 is 0 Å². The van der Waals surface area contributed by atoms with E-state index in [1.165, 1.54) is 5.54 Å². The molecule has 0 aliphatic heterocycles. The first kappa shape index (κ1) is 27.4. The van der Waals surface area contributed by atoms with E-state index in [4.69, 9.17) is 74.2 Å². The van der Waals surface area contributed by atoms with E-state index in [-0.39, 0.29) is 0 Å². The van der Waals surface area contributed by atoms with E-state index in [1.807, 2.05) is 6.08 Å². The lowest BCUT2D eigenvalue weighted by Gasteiger charge is -2.30. The van der Waals surface area contributed by atoms with Gasteiger partial charge >= 0.3 is 10.4 Å². The largest absolute Gasteiger partial charge is 0.397 e. The Morgan fingerprint density at radius 1 is 0.962 bits per heavy atom. The summed E-state index contributed by atoms with van der Waals surface area (Å²) in [6.07, 6.45) is 5.96. The van der Waals surface area contributed by atoms with Crippen molar-refractivity contribution in [2.45, 2.75) is 78.4 Å². The normalized spacial score (nSPS) is 19.8. The van der Waals surface area contributed by atoms with Crippen molar-refractivity contribution >= 4 is 80.0 Å². The Morgan fingerprint density at radius 2 is 1.54 bits per heavy atom. The molecule has 0 fully saturated rings. The van der Waals surface area contributed by atoms with Gasteiger partial charge < -0.3 is 0 Å². The molecule has 6 atom stereocenters. The lowest BCUT2D eigenvalue weighted by Crippen LogP contribution is -2.45. The van der Waals surface area contributed by atoms with Crippen molar-refractivity contribution in [2.24, 2.45) is 0 Å². The summed E-state index contributed by atoms with van der Waals surface area (Å²) in [5, 5.41) is -4.10. The van der Waals surface area contributed by atoms with Gasteiger partial charge in [-0.1, -0.05) is 36.9 Å². The van der Waals surface area contributed by atoms with Crippen LogP contribution in [0.2, 0.25) is 0 Å². The first-order valence-corrected chi connectivity index (χ1v) is 12.1. The van der Waals surface area contributed by atoms with Crippen LogP contribution in [0.3, 0.4) is 0 Å². The van der Waals surface area contributed by atoms with Gasteiger partial charge in [0, 0.05) is 10.9 Å². The zero-order valence-corrected chi connectivity index (χ0v) is 19.6. The SMILES string of the molecule is C[C@@H](Cl)[C@@H](Cl)[C@@H](OS(=O)(=O)O)[C@H](Cl)[C@@H](Cl)[C@H](Cl)CCCCCC/C=C/Cl. The van der Waals surface area contributed by atoms with Crippen LogP contribution in [0.1, 0.15) is 45.4 Å². The van der Waals surface area contributed by atoms with Gasteiger partial charge in [0.15, 0.2) is 0 Å². The highest BCUT2D eigenvalue weighted by atomic mass is 35.5. The zero-order chi connectivity index (χ0) is 20.3. The third-order valence-electron chi connectivity index (χ3n) is 3.64. The smallest absolute Gasteiger partial charge is 0.264 e. The van der Waals surface area contributed by atoms with Gasteiger partial charge in [0.25, 0.3) is 0 Å². The lowest BCUT2D eigenvalue weighted by molar-refractivity contribution is 0.168. The number of allylic oxidation sites excluding steroid dienone is 1. The quantitative estimate of drug-likeness (QED) is 0.168. The zero-order valence-electron chi connectivity index (χ0n) is 14.2. The minimum atomic E-state index is -4.78.